The first-order valence-corrected chi connectivity index (χ1v) is 11.3. The van der Waals surface area contributed by atoms with Crippen LogP contribution in [0.3, 0.4) is 0 Å². The van der Waals surface area contributed by atoms with Crippen molar-refractivity contribution in [1.82, 2.24) is 35.9 Å². The van der Waals surface area contributed by atoms with E-state index in [0.717, 1.165) is 0 Å². The van der Waals surface area contributed by atoms with Gasteiger partial charge in [0.2, 0.25) is 23.6 Å². The van der Waals surface area contributed by atoms with Crippen molar-refractivity contribution in [3.05, 3.63) is 36.4 Å². The molecule has 38 heavy (non-hydrogen) atoms. The van der Waals surface area contributed by atoms with Gasteiger partial charge in [0, 0.05) is 43.0 Å². The van der Waals surface area contributed by atoms with Gasteiger partial charge in [-0.1, -0.05) is 0 Å². The number of carbonyl (C=O) groups is 6. The minimum atomic E-state index is -1.71. The summed E-state index contributed by atoms with van der Waals surface area (Å²) in [5.41, 5.74) is 12.0. The van der Waals surface area contributed by atoms with E-state index in [2.05, 4.69) is 35.9 Å². The van der Waals surface area contributed by atoms with Gasteiger partial charge in [-0.15, -0.1) is 0 Å². The Balaban J connectivity index is 2.13. The Morgan fingerprint density at radius 3 is 1.84 bits per heavy atom. The van der Waals surface area contributed by atoms with Gasteiger partial charge >= 0.3 is 11.9 Å². The molecule has 2 aromatic rings. The summed E-state index contributed by atoms with van der Waals surface area (Å²) in [5, 5.41) is 25.4. The zero-order valence-corrected chi connectivity index (χ0v) is 20.0. The van der Waals surface area contributed by atoms with Crippen molar-refractivity contribution in [2.24, 2.45) is 11.5 Å². The number of hydrogen-bond donors (Lipinski definition) is 9. The standard InChI is InChI=1S/C21H29N9O8/c22-12(3-10-6-24-8-26-10)18(34)28-13(1-2-16(23)31)19(35)29-14(5-17(32)33)20(36)30-15(21(37)38)4-11-7-25-9-27-11/h6-9,12-15H,1-5,22H2,(H2,23,31)(H,24,26)(H,25,27)(H,28,34)(H,29,35)(H,30,36)(H,32,33)(H,37,38). The molecule has 4 amide bonds. The van der Waals surface area contributed by atoms with Crippen molar-refractivity contribution in [3.8, 4) is 0 Å². The molecule has 17 heteroatoms. The van der Waals surface area contributed by atoms with Crippen LogP contribution < -0.4 is 27.4 Å². The van der Waals surface area contributed by atoms with E-state index in [9.17, 15) is 39.0 Å². The van der Waals surface area contributed by atoms with Crippen LogP contribution in [-0.2, 0) is 41.6 Å². The Morgan fingerprint density at radius 2 is 1.34 bits per heavy atom. The van der Waals surface area contributed by atoms with Gasteiger partial charge in [-0.2, -0.15) is 0 Å². The highest BCUT2D eigenvalue weighted by molar-refractivity contribution is 5.95. The third kappa shape index (κ3) is 9.69. The number of aromatic nitrogens is 4. The molecule has 0 fully saturated rings. The molecule has 11 N–H and O–H groups in total. The molecule has 0 radical (unpaired) electrons. The maximum Gasteiger partial charge on any atom is 0.326 e. The number of aliphatic carboxylic acids is 2. The molecule has 2 rings (SSSR count). The summed E-state index contributed by atoms with van der Waals surface area (Å²) in [7, 11) is 0. The Bertz CT molecular complexity index is 1120. The van der Waals surface area contributed by atoms with Gasteiger partial charge in [0.1, 0.15) is 18.1 Å². The summed E-state index contributed by atoms with van der Waals surface area (Å²) in [6.45, 7) is 0. The van der Waals surface area contributed by atoms with Crippen LogP contribution in [0.25, 0.3) is 0 Å². The van der Waals surface area contributed by atoms with Crippen LogP contribution in [-0.4, -0.2) is 89.9 Å². The fourth-order valence-corrected chi connectivity index (χ4v) is 3.30. The zero-order chi connectivity index (χ0) is 28.2. The molecule has 4 unspecified atom stereocenters. The number of imidazole rings is 2. The lowest BCUT2D eigenvalue weighted by atomic mass is 10.1. The van der Waals surface area contributed by atoms with Gasteiger partial charge in [0.15, 0.2) is 0 Å². The van der Waals surface area contributed by atoms with Gasteiger partial charge in [0.25, 0.3) is 0 Å². The monoisotopic (exact) mass is 535 g/mol. The number of carbonyl (C=O) groups excluding carboxylic acids is 4. The Morgan fingerprint density at radius 1 is 0.816 bits per heavy atom. The Labute approximate surface area is 215 Å². The van der Waals surface area contributed by atoms with E-state index in [1.807, 2.05) is 0 Å². The molecule has 0 bridgehead atoms. The van der Waals surface area contributed by atoms with Crippen molar-refractivity contribution in [3.63, 3.8) is 0 Å². The molecule has 4 atom stereocenters. The number of primary amides is 1. The third-order valence-corrected chi connectivity index (χ3v) is 5.25. The summed E-state index contributed by atoms with van der Waals surface area (Å²) >= 11 is 0. The lowest BCUT2D eigenvalue weighted by Crippen LogP contribution is -2.58. The molecule has 2 heterocycles. The minimum absolute atomic E-state index is 0.0486. The highest BCUT2D eigenvalue weighted by Crippen LogP contribution is 2.05. The van der Waals surface area contributed by atoms with Gasteiger partial charge in [0.05, 0.1) is 25.1 Å². The van der Waals surface area contributed by atoms with Crippen LogP contribution >= 0.6 is 0 Å². The van der Waals surface area contributed by atoms with Crippen LogP contribution in [0, 0.1) is 0 Å². The number of nitrogens with zero attached hydrogens (tertiary/aromatic N) is 2. The average molecular weight is 536 g/mol. The number of rotatable bonds is 16. The van der Waals surface area contributed by atoms with E-state index in [1.165, 1.54) is 25.0 Å². The SMILES string of the molecule is NC(=O)CCC(NC(=O)C(N)Cc1cnc[nH]1)C(=O)NC(CC(=O)O)C(=O)NC(Cc1cnc[nH]1)C(=O)O. The van der Waals surface area contributed by atoms with Gasteiger partial charge in [-0.25, -0.2) is 14.8 Å². The maximum atomic E-state index is 13.0. The lowest BCUT2D eigenvalue weighted by Gasteiger charge is -2.24. The van der Waals surface area contributed by atoms with E-state index >= 15 is 0 Å². The summed E-state index contributed by atoms with van der Waals surface area (Å²) in [4.78, 5) is 85.6. The molecule has 2 aromatic heterocycles. The van der Waals surface area contributed by atoms with Crippen LogP contribution in [0.15, 0.2) is 25.0 Å². The Kier molecular flexibility index (Phi) is 10.9. The summed E-state index contributed by atoms with van der Waals surface area (Å²) in [6.07, 6.45) is 3.86. The first kappa shape index (κ1) is 29.4. The molecule has 0 saturated heterocycles. The predicted octanol–water partition coefficient (Wildman–Crippen LogP) is -3.48. The van der Waals surface area contributed by atoms with E-state index in [4.69, 9.17) is 11.5 Å². The molecular weight excluding hydrogens is 506 g/mol. The number of aromatic amines is 2. The van der Waals surface area contributed by atoms with Gasteiger partial charge < -0.3 is 47.6 Å². The smallest absolute Gasteiger partial charge is 0.326 e. The van der Waals surface area contributed by atoms with E-state index < -0.39 is 66.2 Å². The second-order valence-electron chi connectivity index (χ2n) is 8.29. The highest BCUT2D eigenvalue weighted by Gasteiger charge is 2.32. The second kappa shape index (κ2) is 14.1. The Hall–Kier alpha value is -4.80. The molecule has 0 aliphatic rings. The quantitative estimate of drug-likeness (QED) is 0.102. The zero-order valence-electron chi connectivity index (χ0n) is 20.0. The van der Waals surface area contributed by atoms with Crippen molar-refractivity contribution >= 4 is 35.6 Å². The number of H-pyrrole nitrogens is 2. The van der Waals surface area contributed by atoms with E-state index in [-0.39, 0.29) is 25.7 Å². The molecular formula is C21H29N9O8. The molecule has 0 aromatic carbocycles. The molecule has 206 valence electrons. The van der Waals surface area contributed by atoms with Crippen LogP contribution in [0.1, 0.15) is 30.7 Å². The van der Waals surface area contributed by atoms with Crippen molar-refractivity contribution in [2.45, 2.75) is 56.3 Å². The van der Waals surface area contributed by atoms with E-state index in [1.54, 1.807) is 0 Å². The number of hydrogen-bond acceptors (Lipinski definition) is 9. The first-order valence-electron chi connectivity index (χ1n) is 11.3. The minimum Gasteiger partial charge on any atom is -0.481 e. The van der Waals surface area contributed by atoms with Crippen molar-refractivity contribution in [2.75, 3.05) is 0 Å². The molecule has 17 nitrogen and oxygen atoms in total. The van der Waals surface area contributed by atoms with Crippen LogP contribution in [0.4, 0.5) is 0 Å². The fourth-order valence-electron chi connectivity index (χ4n) is 3.30. The predicted molar refractivity (Wildman–Crippen MR) is 127 cm³/mol. The van der Waals surface area contributed by atoms with Crippen LogP contribution in [0.2, 0.25) is 0 Å². The molecule has 0 spiro atoms. The summed E-state index contributed by atoms with van der Waals surface area (Å²) in [6, 6.07) is -5.71. The third-order valence-electron chi connectivity index (χ3n) is 5.25. The second-order valence-corrected chi connectivity index (χ2v) is 8.29. The summed E-state index contributed by atoms with van der Waals surface area (Å²) < 4.78 is 0. The number of nitrogens with one attached hydrogen (secondary N) is 5. The lowest BCUT2D eigenvalue weighted by molar-refractivity contribution is -0.143. The van der Waals surface area contributed by atoms with Crippen molar-refractivity contribution in [1.29, 1.82) is 0 Å². The van der Waals surface area contributed by atoms with E-state index in [0.29, 0.717) is 11.4 Å². The van der Waals surface area contributed by atoms with Gasteiger partial charge in [-0.05, 0) is 6.42 Å². The fraction of sp³-hybridized carbons (Fsp3) is 0.429. The number of nitrogens with two attached hydrogens (primary N) is 2. The first-order chi connectivity index (χ1) is 18.0. The highest BCUT2D eigenvalue weighted by atomic mass is 16.4. The molecule has 0 saturated carbocycles. The number of amides is 4. The number of carboxylic acids is 2. The summed E-state index contributed by atoms with van der Waals surface area (Å²) in [5.74, 6) is -6.52. The normalized spacial score (nSPS) is 13.9. The molecule has 0 aliphatic carbocycles. The van der Waals surface area contributed by atoms with Gasteiger partial charge in [-0.3, -0.25) is 24.0 Å². The maximum absolute atomic E-state index is 13.0. The van der Waals surface area contributed by atoms with Crippen LogP contribution in [0.5, 0.6) is 0 Å². The largest absolute Gasteiger partial charge is 0.481 e. The average Bonchev–Trinajstić information content (AvgIpc) is 3.54. The number of carboxylic acid groups (broad SMARTS) is 2. The molecule has 0 aliphatic heterocycles. The van der Waals surface area contributed by atoms with Crippen molar-refractivity contribution < 1.29 is 39.0 Å². The topological polar surface area (TPSA) is 288 Å².